The molecule has 0 spiro atoms. The molecule has 0 atom stereocenters. The van der Waals surface area contributed by atoms with Gasteiger partial charge in [0.15, 0.2) is 5.06 Å². The second kappa shape index (κ2) is 3.67. The molecule has 0 saturated carbocycles. The molecule has 0 fully saturated rings. The van der Waals surface area contributed by atoms with Crippen LogP contribution in [-0.4, -0.2) is 7.11 Å². The van der Waals surface area contributed by atoms with Gasteiger partial charge in [0.2, 0.25) is 0 Å². The molecular weight excluding hydrogens is 315 g/mol. The van der Waals surface area contributed by atoms with Crippen LogP contribution in [0.2, 0.25) is 0 Å². The van der Waals surface area contributed by atoms with Gasteiger partial charge in [-0.1, -0.05) is 11.3 Å². The van der Waals surface area contributed by atoms with Crippen molar-refractivity contribution >= 4 is 56.6 Å². The monoisotopic (exact) mass is 322 g/mol. The molecule has 2 rings (SSSR count). The van der Waals surface area contributed by atoms with Gasteiger partial charge in [-0.2, -0.15) is 0 Å². The first-order valence-corrected chi connectivity index (χ1v) is 6.01. The Bertz CT molecular complexity index is 450. The van der Waals surface area contributed by atoms with Crippen LogP contribution in [0.5, 0.6) is 5.06 Å². The number of benzene rings is 1. The molecule has 4 heteroatoms. The lowest BCUT2D eigenvalue weighted by molar-refractivity contribution is 0.427. The minimum Gasteiger partial charge on any atom is -0.487 e. The molecule has 0 bridgehead atoms. The van der Waals surface area contributed by atoms with Crippen LogP contribution in [0.4, 0.5) is 0 Å². The van der Waals surface area contributed by atoms with Crippen LogP contribution in [0, 0.1) is 3.57 Å². The van der Waals surface area contributed by atoms with Gasteiger partial charge in [-0.25, -0.2) is 0 Å². The Morgan fingerprint density at radius 3 is 2.85 bits per heavy atom. The summed E-state index contributed by atoms with van der Waals surface area (Å²) in [6.45, 7) is 0. The van der Waals surface area contributed by atoms with E-state index < -0.39 is 0 Å². The highest BCUT2D eigenvalue weighted by molar-refractivity contribution is 14.1. The molecule has 0 saturated heterocycles. The van der Waals surface area contributed by atoms with Crippen LogP contribution >= 0.6 is 46.6 Å². The molecule has 13 heavy (non-hydrogen) atoms. The van der Waals surface area contributed by atoms with Crippen LogP contribution in [0.15, 0.2) is 23.1 Å². The number of thiol groups is 1. The summed E-state index contributed by atoms with van der Waals surface area (Å²) in [5.74, 6) is 0. The molecule has 1 nitrogen and oxygen atoms in total. The molecule has 68 valence electrons. The Kier molecular flexibility index (Phi) is 2.71. The number of methoxy groups -OCH3 is 1. The van der Waals surface area contributed by atoms with Gasteiger partial charge in [-0.15, -0.1) is 12.6 Å². The first-order valence-electron chi connectivity index (χ1n) is 3.67. The highest BCUT2D eigenvalue weighted by atomic mass is 127. The fraction of sp³-hybridized carbons (Fsp3) is 0.111. The fourth-order valence-corrected chi connectivity index (χ4v) is 3.34. The Morgan fingerprint density at radius 2 is 2.15 bits per heavy atom. The number of ether oxygens (including phenoxy) is 1. The number of thiophene rings is 1. The highest BCUT2D eigenvalue weighted by Crippen LogP contribution is 2.36. The number of hydrogen-bond donors (Lipinski definition) is 1. The molecule has 0 radical (unpaired) electrons. The zero-order valence-electron chi connectivity index (χ0n) is 6.87. The molecule has 0 N–H and O–H groups in total. The van der Waals surface area contributed by atoms with Crippen molar-refractivity contribution in [2.75, 3.05) is 7.11 Å². The summed E-state index contributed by atoms with van der Waals surface area (Å²) in [5.41, 5.74) is 0. The second-order valence-corrected chi connectivity index (χ2v) is 5.36. The molecule has 0 amide bonds. The standard InChI is InChI=1S/C9H7IOS2/c1-11-8-3-5-2-6(10)4-7(12)9(5)13-8/h2-4,12H,1H3. The summed E-state index contributed by atoms with van der Waals surface area (Å²) in [7, 11) is 1.69. The molecule has 0 aliphatic heterocycles. The van der Waals surface area contributed by atoms with Crippen molar-refractivity contribution in [3.05, 3.63) is 21.8 Å². The lowest BCUT2D eigenvalue weighted by Gasteiger charge is -1.94. The Labute approximate surface area is 99.6 Å². The third kappa shape index (κ3) is 1.80. The smallest absolute Gasteiger partial charge is 0.174 e. The molecule has 1 aromatic carbocycles. The number of hydrogen-bond acceptors (Lipinski definition) is 3. The van der Waals surface area contributed by atoms with E-state index in [4.69, 9.17) is 4.74 Å². The minimum atomic E-state index is 0.937. The summed E-state index contributed by atoms with van der Waals surface area (Å²) in [6, 6.07) is 6.23. The van der Waals surface area contributed by atoms with Crippen molar-refractivity contribution in [2.24, 2.45) is 0 Å². The van der Waals surface area contributed by atoms with Crippen molar-refractivity contribution in [1.29, 1.82) is 0 Å². The van der Waals surface area contributed by atoms with Gasteiger partial charge in [0.25, 0.3) is 0 Å². The third-order valence-corrected chi connectivity index (χ3v) is 4.01. The van der Waals surface area contributed by atoms with E-state index in [9.17, 15) is 0 Å². The van der Waals surface area contributed by atoms with Crippen LogP contribution < -0.4 is 4.74 Å². The molecule has 1 heterocycles. The summed E-state index contributed by atoms with van der Waals surface area (Å²) in [5, 5.41) is 2.14. The number of rotatable bonds is 1. The van der Waals surface area contributed by atoms with E-state index in [1.807, 2.05) is 6.07 Å². The molecule has 0 unspecified atom stereocenters. The largest absolute Gasteiger partial charge is 0.487 e. The van der Waals surface area contributed by atoms with E-state index in [1.54, 1.807) is 18.4 Å². The zero-order valence-corrected chi connectivity index (χ0v) is 10.7. The van der Waals surface area contributed by atoms with Gasteiger partial charge < -0.3 is 4.74 Å². The predicted octanol–water partition coefficient (Wildman–Crippen LogP) is 3.80. The topological polar surface area (TPSA) is 9.23 Å². The maximum Gasteiger partial charge on any atom is 0.174 e. The van der Waals surface area contributed by atoms with E-state index >= 15 is 0 Å². The van der Waals surface area contributed by atoms with E-state index in [2.05, 4.69) is 47.4 Å². The average molecular weight is 322 g/mol. The van der Waals surface area contributed by atoms with Gasteiger partial charge in [-0.3, -0.25) is 0 Å². The zero-order chi connectivity index (χ0) is 9.42. The van der Waals surface area contributed by atoms with Gasteiger partial charge in [0.05, 0.1) is 11.8 Å². The maximum absolute atomic E-state index is 5.18. The van der Waals surface area contributed by atoms with Crippen molar-refractivity contribution in [3.63, 3.8) is 0 Å². The molecule has 1 aromatic heterocycles. The first-order chi connectivity index (χ1) is 6.20. The quantitative estimate of drug-likeness (QED) is 0.621. The van der Waals surface area contributed by atoms with Crippen molar-refractivity contribution in [3.8, 4) is 5.06 Å². The Balaban J connectivity index is 2.75. The normalized spacial score (nSPS) is 10.7. The van der Waals surface area contributed by atoms with E-state index in [1.165, 1.54) is 13.7 Å². The van der Waals surface area contributed by atoms with Crippen LogP contribution in [-0.2, 0) is 0 Å². The number of fused-ring (bicyclic) bond motifs is 1. The van der Waals surface area contributed by atoms with E-state index in [-0.39, 0.29) is 0 Å². The van der Waals surface area contributed by atoms with Crippen molar-refractivity contribution < 1.29 is 4.74 Å². The molecule has 0 aliphatic rings. The Hall–Kier alpha value is 0.0600. The highest BCUT2D eigenvalue weighted by Gasteiger charge is 2.05. The average Bonchev–Trinajstić information content (AvgIpc) is 2.47. The third-order valence-electron chi connectivity index (χ3n) is 1.74. The Morgan fingerprint density at radius 1 is 1.38 bits per heavy atom. The second-order valence-electron chi connectivity index (χ2n) is 2.61. The minimum absolute atomic E-state index is 0.937. The van der Waals surface area contributed by atoms with E-state index in [0.29, 0.717) is 0 Å². The van der Waals surface area contributed by atoms with Gasteiger partial charge >= 0.3 is 0 Å². The summed E-state index contributed by atoms with van der Waals surface area (Å²) >= 11 is 8.34. The lowest BCUT2D eigenvalue weighted by atomic mass is 10.3. The van der Waals surface area contributed by atoms with Gasteiger partial charge in [-0.05, 0) is 46.2 Å². The maximum atomic E-state index is 5.18. The summed E-state index contributed by atoms with van der Waals surface area (Å²) in [6.07, 6.45) is 0. The lowest BCUT2D eigenvalue weighted by Crippen LogP contribution is -1.73. The predicted molar refractivity (Wildman–Crippen MR) is 68.3 cm³/mol. The SMILES string of the molecule is COc1cc2cc(I)cc(S)c2s1. The molecule has 0 aliphatic carbocycles. The molecular formula is C9H7IOS2. The number of halogens is 1. The first kappa shape index (κ1) is 9.61. The molecule has 2 aromatic rings. The van der Waals surface area contributed by atoms with Crippen molar-refractivity contribution in [1.82, 2.24) is 0 Å². The van der Waals surface area contributed by atoms with Crippen LogP contribution in [0.25, 0.3) is 10.1 Å². The van der Waals surface area contributed by atoms with Gasteiger partial charge in [0.1, 0.15) is 0 Å². The van der Waals surface area contributed by atoms with Crippen LogP contribution in [0.3, 0.4) is 0 Å². The summed E-state index contributed by atoms with van der Waals surface area (Å²) < 4.78 is 7.58. The van der Waals surface area contributed by atoms with Crippen LogP contribution in [0.1, 0.15) is 0 Å². The van der Waals surface area contributed by atoms with E-state index in [0.717, 1.165) is 9.96 Å². The fourth-order valence-electron chi connectivity index (χ4n) is 1.18. The summed E-state index contributed by atoms with van der Waals surface area (Å²) in [4.78, 5) is 1.02. The van der Waals surface area contributed by atoms with Gasteiger partial charge in [0, 0.05) is 8.47 Å². The van der Waals surface area contributed by atoms with Crippen molar-refractivity contribution in [2.45, 2.75) is 4.90 Å².